The number of aliphatic hydroxyl groups is 1. The van der Waals surface area contributed by atoms with Crippen molar-refractivity contribution in [3.8, 4) is 16.9 Å². The van der Waals surface area contributed by atoms with Gasteiger partial charge in [0.1, 0.15) is 18.5 Å². The Morgan fingerprint density at radius 3 is 2.45 bits per heavy atom. The standard InChI is InChI=1S/C35H36N2O6S/c1-2-3-19-42-20-21-43-31-14-9-25(10-15-31)27-11-16-33-29(23-27)24-28(17-22-44(33,40)41)35(39)37-30-12-7-26(8-13-30)34(38)32-6-4-5-18-36-32/h4-16,18,23-24,34,38H,2-3,17,19-22H2,1H3,(H,37,39)/t34-/m1/s1. The molecule has 0 unspecified atom stereocenters. The van der Waals surface area contributed by atoms with Crippen LogP contribution in [0.2, 0.25) is 0 Å². The van der Waals surface area contributed by atoms with Crippen molar-refractivity contribution in [1.29, 1.82) is 0 Å². The minimum absolute atomic E-state index is 0.0862. The molecule has 0 fully saturated rings. The largest absolute Gasteiger partial charge is 0.491 e. The molecule has 228 valence electrons. The van der Waals surface area contributed by atoms with Gasteiger partial charge in [-0.05, 0) is 89.7 Å². The second kappa shape index (κ2) is 14.4. The van der Waals surface area contributed by atoms with Crippen LogP contribution in [0, 0.1) is 0 Å². The van der Waals surface area contributed by atoms with Gasteiger partial charge in [0, 0.05) is 24.1 Å². The van der Waals surface area contributed by atoms with Crippen molar-refractivity contribution in [2.24, 2.45) is 0 Å². The third-order valence-corrected chi connectivity index (χ3v) is 9.17. The molecule has 1 aromatic heterocycles. The van der Waals surface area contributed by atoms with Crippen LogP contribution in [0.15, 0.2) is 102 Å². The maximum Gasteiger partial charge on any atom is 0.251 e. The number of rotatable bonds is 12. The van der Waals surface area contributed by atoms with Crippen molar-refractivity contribution in [2.75, 3.05) is 30.9 Å². The van der Waals surface area contributed by atoms with Crippen LogP contribution < -0.4 is 10.1 Å². The number of pyridine rings is 1. The fourth-order valence-corrected chi connectivity index (χ4v) is 6.36. The van der Waals surface area contributed by atoms with E-state index in [1.807, 2.05) is 24.3 Å². The first-order valence-electron chi connectivity index (χ1n) is 14.7. The van der Waals surface area contributed by atoms with Gasteiger partial charge in [-0.2, -0.15) is 0 Å². The number of nitrogens with zero attached hydrogens (tertiary/aromatic N) is 1. The zero-order valence-corrected chi connectivity index (χ0v) is 25.4. The van der Waals surface area contributed by atoms with Crippen LogP contribution in [0.4, 0.5) is 5.69 Å². The lowest BCUT2D eigenvalue weighted by Gasteiger charge is -2.12. The SMILES string of the molecule is CCCCOCCOc1ccc(-c2ccc3c(c2)C=C(C(=O)Nc2ccc([C@@H](O)c4ccccn4)cc2)CCS3(=O)=O)cc1. The van der Waals surface area contributed by atoms with Crippen molar-refractivity contribution in [1.82, 2.24) is 4.98 Å². The number of aliphatic hydroxyl groups excluding tert-OH is 1. The van der Waals surface area contributed by atoms with Gasteiger partial charge in [-0.3, -0.25) is 9.78 Å². The summed E-state index contributed by atoms with van der Waals surface area (Å²) in [5.41, 5.74) is 4.26. The number of unbranched alkanes of at least 4 members (excludes halogenated alkanes) is 1. The van der Waals surface area contributed by atoms with E-state index in [1.165, 1.54) is 0 Å². The summed E-state index contributed by atoms with van der Waals surface area (Å²) in [6.45, 7) is 3.85. The topological polar surface area (TPSA) is 115 Å². The van der Waals surface area contributed by atoms with Crippen LogP contribution in [-0.2, 0) is 19.4 Å². The average molecular weight is 613 g/mol. The molecule has 8 nitrogen and oxygen atoms in total. The van der Waals surface area contributed by atoms with E-state index in [4.69, 9.17) is 9.47 Å². The molecule has 1 atom stereocenters. The number of fused-ring (bicyclic) bond motifs is 1. The van der Waals surface area contributed by atoms with Gasteiger partial charge in [-0.15, -0.1) is 0 Å². The molecule has 1 amide bonds. The molecule has 0 radical (unpaired) electrons. The first kappa shape index (κ1) is 31.1. The van der Waals surface area contributed by atoms with Crippen molar-refractivity contribution < 1.29 is 27.8 Å². The molecule has 0 saturated carbocycles. The highest BCUT2D eigenvalue weighted by atomic mass is 32.2. The Morgan fingerprint density at radius 1 is 0.955 bits per heavy atom. The summed E-state index contributed by atoms with van der Waals surface area (Å²) in [6.07, 6.45) is 4.60. The van der Waals surface area contributed by atoms with Crippen LogP contribution >= 0.6 is 0 Å². The molecule has 0 spiro atoms. The second-order valence-corrected chi connectivity index (χ2v) is 12.6. The second-order valence-electron chi connectivity index (χ2n) is 10.6. The summed E-state index contributed by atoms with van der Waals surface area (Å²) in [5, 5.41) is 13.5. The van der Waals surface area contributed by atoms with Gasteiger partial charge in [-0.1, -0.05) is 49.7 Å². The Morgan fingerprint density at radius 2 is 1.73 bits per heavy atom. The predicted octanol–water partition coefficient (Wildman–Crippen LogP) is 6.23. The molecule has 1 aliphatic rings. The maximum absolute atomic E-state index is 13.3. The molecule has 0 bridgehead atoms. The van der Waals surface area contributed by atoms with E-state index < -0.39 is 15.9 Å². The number of hydrogen-bond donors (Lipinski definition) is 2. The molecule has 2 heterocycles. The fourth-order valence-electron chi connectivity index (χ4n) is 4.90. The molecular formula is C35H36N2O6S. The Balaban J connectivity index is 1.29. The Labute approximate surface area is 258 Å². The maximum atomic E-state index is 13.3. The molecule has 5 rings (SSSR count). The Hall–Kier alpha value is -4.31. The van der Waals surface area contributed by atoms with Gasteiger partial charge in [0.25, 0.3) is 5.91 Å². The zero-order valence-electron chi connectivity index (χ0n) is 24.6. The number of sulfone groups is 1. The molecular weight excluding hydrogens is 576 g/mol. The van der Waals surface area contributed by atoms with Gasteiger partial charge in [0.2, 0.25) is 0 Å². The zero-order chi connectivity index (χ0) is 30.9. The third-order valence-electron chi connectivity index (χ3n) is 7.38. The minimum atomic E-state index is -3.58. The molecule has 9 heteroatoms. The number of hydrogen-bond acceptors (Lipinski definition) is 7. The van der Waals surface area contributed by atoms with Gasteiger partial charge in [-0.25, -0.2) is 8.42 Å². The van der Waals surface area contributed by atoms with Crippen LogP contribution in [0.5, 0.6) is 5.75 Å². The van der Waals surface area contributed by atoms with E-state index >= 15 is 0 Å². The number of benzene rings is 3. The van der Waals surface area contributed by atoms with E-state index in [0.29, 0.717) is 41.3 Å². The molecule has 1 aliphatic heterocycles. The predicted molar refractivity (Wildman–Crippen MR) is 171 cm³/mol. The fraction of sp³-hybridized carbons (Fsp3) is 0.257. The first-order chi connectivity index (χ1) is 21.3. The summed E-state index contributed by atoms with van der Waals surface area (Å²) in [6, 6.07) is 25.0. The summed E-state index contributed by atoms with van der Waals surface area (Å²) in [5.74, 6) is 0.183. The molecule has 2 N–H and O–H groups in total. The van der Waals surface area contributed by atoms with E-state index in [0.717, 1.165) is 36.3 Å². The van der Waals surface area contributed by atoms with E-state index in [1.54, 1.807) is 72.9 Å². The third kappa shape index (κ3) is 7.79. The highest BCUT2D eigenvalue weighted by Gasteiger charge is 2.25. The summed E-state index contributed by atoms with van der Waals surface area (Å²) in [4.78, 5) is 17.7. The van der Waals surface area contributed by atoms with Crippen molar-refractivity contribution in [2.45, 2.75) is 37.2 Å². The number of ether oxygens (including phenoxy) is 2. The van der Waals surface area contributed by atoms with Gasteiger partial charge in [0.15, 0.2) is 9.84 Å². The Bertz CT molecular complexity index is 1700. The number of amides is 1. The van der Waals surface area contributed by atoms with Crippen molar-refractivity contribution in [3.63, 3.8) is 0 Å². The molecule has 0 aliphatic carbocycles. The monoisotopic (exact) mass is 612 g/mol. The van der Waals surface area contributed by atoms with E-state index in [2.05, 4.69) is 17.2 Å². The Kier molecular flexibility index (Phi) is 10.2. The molecule has 3 aromatic carbocycles. The number of nitrogens with one attached hydrogen (secondary N) is 1. The van der Waals surface area contributed by atoms with E-state index in [-0.39, 0.29) is 23.0 Å². The molecule has 0 saturated heterocycles. The lowest BCUT2D eigenvalue weighted by molar-refractivity contribution is -0.112. The number of anilines is 1. The highest BCUT2D eigenvalue weighted by molar-refractivity contribution is 7.91. The minimum Gasteiger partial charge on any atom is -0.491 e. The molecule has 4 aromatic rings. The summed E-state index contributed by atoms with van der Waals surface area (Å²) >= 11 is 0. The van der Waals surface area contributed by atoms with Crippen LogP contribution in [0.1, 0.15) is 49.1 Å². The van der Waals surface area contributed by atoms with Crippen LogP contribution in [-0.4, -0.2) is 50.0 Å². The lowest BCUT2D eigenvalue weighted by atomic mass is 10.0. The summed E-state index contributed by atoms with van der Waals surface area (Å²) < 4.78 is 37.5. The lowest BCUT2D eigenvalue weighted by Crippen LogP contribution is -2.16. The highest BCUT2D eigenvalue weighted by Crippen LogP contribution is 2.32. The number of carbonyl (C=O) groups excluding carboxylic acids is 1. The van der Waals surface area contributed by atoms with Crippen molar-refractivity contribution >= 4 is 27.5 Å². The normalized spacial score (nSPS) is 14.5. The van der Waals surface area contributed by atoms with Crippen molar-refractivity contribution in [3.05, 3.63) is 114 Å². The average Bonchev–Trinajstić information content (AvgIpc) is 3.18. The van der Waals surface area contributed by atoms with Gasteiger partial charge < -0.3 is 19.9 Å². The molecule has 44 heavy (non-hydrogen) atoms. The van der Waals surface area contributed by atoms with E-state index in [9.17, 15) is 18.3 Å². The van der Waals surface area contributed by atoms with Crippen LogP contribution in [0.25, 0.3) is 17.2 Å². The smallest absolute Gasteiger partial charge is 0.251 e. The number of aromatic nitrogens is 1. The number of carbonyl (C=O) groups is 1. The first-order valence-corrected chi connectivity index (χ1v) is 16.4. The quantitative estimate of drug-likeness (QED) is 0.182. The van der Waals surface area contributed by atoms with Gasteiger partial charge in [0.05, 0.1) is 22.9 Å². The summed E-state index contributed by atoms with van der Waals surface area (Å²) in [7, 11) is -3.58. The van der Waals surface area contributed by atoms with Crippen LogP contribution in [0.3, 0.4) is 0 Å². The van der Waals surface area contributed by atoms with Gasteiger partial charge >= 0.3 is 0 Å².